The fourth-order valence-electron chi connectivity index (χ4n) is 2.54. The van der Waals surface area contributed by atoms with Crippen LogP contribution < -0.4 is 4.72 Å². The fourth-order valence-corrected chi connectivity index (χ4v) is 3.78. The summed E-state index contributed by atoms with van der Waals surface area (Å²) in [5, 5.41) is 0. The summed E-state index contributed by atoms with van der Waals surface area (Å²) in [6.45, 7) is 3.00. The topological polar surface area (TPSA) is 66.5 Å². The summed E-state index contributed by atoms with van der Waals surface area (Å²) in [6.07, 6.45) is 2.69. The number of hydrogen-bond acceptors (Lipinski definition) is 3. The van der Waals surface area contributed by atoms with Gasteiger partial charge in [-0.1, -0.05) is 12.1 Å². The molecule has 2 rings (SSSR count). The quantitative estimate of drug-likeness (QED) is 0.878. The second kappa shape index (κ2) is 6.46. The molecule has 1 amide bonds. The first kappa shape index (κ1) is 16.5. The zero-order valence-corrected chi connectivity index (χ0v) is 14.5. The lowest BCUT2D eigenvalue weighted by Crippen LogP contribution is -2.49. The Morgan fingerprint density at radius 1 is 1.43 bits per heavy atom. The van der Waals surface area contributed by atoms with E-state index in [1.54, 1.807) is 11.0 Å². The summed E-state index contributed by atoms with van der Waals surface area (Å²) >= 11 is 3.45. The van der Waals surface area contributed by atoms with Gasteiger partial charge < -0.3 is 4.90 Å². The Morgan fingerprint density at radius 3 is 2.81 bits per heavy atom. The zero-order chi connectivity index (χ0) is 15.6. The highest BCUT2D eigenvalue weighted by atomic mass is 79.9. The Morgan fingerprint density at radius 2 is 2.14 bits per heavy atom. The number of aryl methyl sites for hydroxylation is 1. The van der Waals surface area contributed by atoms with Crippen molar-refractivity contribution in [1.82, 2.24) is 9.62 Å². The highest BCUT2D eigenvalue weighted by Crippen LogP contribution is 2.24. The molecule has 5 nitrogen and oxygen atoms in total. The molecular formula is C14H19BrN2O3S. The van der Waals surface area contributed by atoms with Crippen LogP contribution in [0, 0.1) is 6.92 Å². The molecule has 116 valence electrons. The van der Waals surface area contributed by atoms with E-state index in [4.69, 9.17) is 0 Å². The van der Waals surface area contributed by atoms with Crippen LogP contribution in [0.3, 0.4) is 0 Å². The Balaban J connectivity index is 2.14. The first-order valence-electron chi connectivity index (χ1n) is 6.79. The third kappa shape index (κ3) is 4.28. The summed E-state index contributed by atoms with van der Waals surface area (Å²) in [5.74, 6) is -0.0643. The molecule has 0 bridgehead atoms. The van der Waals surface area contributed by atoms with Crippen LogP contribution in [0.15, 0.2) is 22.7 Å². The number of nitrogens with zero attached hydrogens (tertiary/aromatic N) is 1. The fraction of sp³-hybridized carbons (Fsp3) is 0.500. The van der Waals surface area contributed by atoms with Gasteiger partial charge in [0.15, 0.2) is 0 Å². The Bertz CT molecular complexity index is 646. The average Bonchev–Trinajstić information content (AvgIpc) is 2.39. The minimum atomic E-state index is -3.25. The number of amides is 1. The minimum Gasteiger partial charge on any atom is -0.337 e. The summed E-state index contributed by atoms with van der Waals surface area (Å²) < 4.78 is 26.0. The van der Waals surface area contributed by atoms with Gasteiger partial charge in [0, 0.05) is 23.6 Å². The molecule has 0 aromatic heterocycles. The van der Waals surface area contributed by atoms with Crippen molar-refractivity contribution >= 4 is 31.9 Å². The molecule has 1 fully saturated rings. The number of carbonyl (C=O) groups is 1. The molecule has 0 aliphatic carbocycles. The number of nitrogens with one attached hydrogen (secondary N) is 1. The predicted molar refractivity (Wildman–Crippen MR) is 85.8 cm³/mol. The van der Waals surface area contributed by atoms with Gasteiger partial charge in [0.25, 0.3) is 5.91 Å². The molecule has 0 radical (unpaired) electrons. The van der Waals surface area contributed by atoms with Crippen LogP contribution in [0.25, 0.3) is 0 Å². The van der Waals surface area contributed by atoms with Gasteiger partial charge in [-0.25, -0.2) is 13.1 Å². The van der Waals surface area contributed by atoms with Crippen molar-refractivity contribution in [2.75, 3.05) is 19.3 Å². The lowest BCUT2D eigenvalue weighted by molar-refractivity contribution is 0.0702. The van der Waals surface area contributed by atoms with E-state index in [9.17, 15) is 13.2 Å². The van der Waals surface area contributed by atoms with E-state index < -0.39 is 10.0 Å². The van der Waals surface area contributed by atoms with Crippen molar-refractivity contribution in [3.8, 4) is 0 Å². The number of likely N-dealkylation sites (tertiary alicyclic amines) is 1. The predicted octanol–water partition coefficient (Wildman–Crippen LogP) is 1.91. The lowest BCUT2D eigenvalue weighted by atomic mass is 10.0. The van der Waals surface area contributed by atoms with Gasteiger partial charge in [-0.2, -0.15) is 0 Å². The minimum absolute atomic E-state index is 0.0643. The van der Waals surface area contributed by atoms with E-state index >= 15 is 0 Å². The Labute approximate surface area is 133 Å². The number of rotatable bonds is 3. The summed E-state index contributed by atoms with van der Waals surface area (Å²) in [5.41, 5.74) is 1.62. The average molecular weight is 375 g/mol. The molecule has 21 heavy (non-hydrogen) atoms. The Kier molecular flexibility index (Phi) is 5.06. The van der Waals surface area contributed by atoms with Crippen molar-refractivity contribution in [3.05, 3.63) is 33.8 Å². The van der Waals surface area contributed by atoms with Crippen LogP contribution in [0.2, 0.25) is 0 Å². The number of carbonyl (C=O) groups excluding carboxylic acids is 1. The van der Waals surface area contributed by atoms with E-state index in [1.165, 1.54) is 0 Å². The monoisotopic (exact) mass is 374 g/mol. The van der Waals surface area contributed by atoms with Crippen LogP contribution in [0.1, 0.15) is 28.8 Å². The second-order valence-electron chi connectivity index (χ2n) is 5.42. The maximum Gasteiger partial charge on any atom is 0.255 e. The van der Waals surface area contributed by atoms with Crippen molar-refractivity contribution in [1.29, 1.82) is 0 Å². The molecule has 1 aromatic carbocycles. The van der Waals surface area contributed by atoms with Gasteiger partial charge in [0.05, 0.1) is 11.8 Å². The van der Waals surface area contributed by atoms with Crippen molar-refractivity contribution in [3.63, 3.8) is 0 Å². The van der Waals surface area contributed by atoms with Gasteiger partial charge in [0.1, 0.15) is 0 Å². The van der Waals surface area contributed by atoms with Gasteiger partial charge in [-0.05, 0) is 47.3 Å². The maximum absolute atomic E-state index is 12.6. The number of benzene rings is 1. The molecule has 1 aliphatic heterocycles. The molecule has 1 aliphatic rings. The molecule has 1 atom stereocenters. The third-order valence-corrected chi connectivity index (χ3v) is 5.33. The standard InChI is InChI=1S/C14H19BrN2O3S/c1-10-5-3-7-12(13(10)15)14(18)17-8-4-6-11(9-17)16-21(2,19)20/h3,5,7,11,16H,4,6,8-9H2,1-2H3. The molecule has 7 heteroatoms. The largest absolute Gasteiger partial charge is 0.337 e. The van der Waals surface area contributed by atoms with Gasteiger partial charge in [-0.15, -0.1) is 0 Å². The summed E-state index contributed by atoms with van der Waals surface area (Å²) in [4.78, 5) is 14.3. The highest BCUT2D eigenvalue weighted by molar-refractivity contribution is 9.10. The normalized spacial score (nSPS) is 19.6. The first-order valence-corrected chi connectivity index (χ1v) is 9.48. The number of piperidine rings is 1. The van der Waals surface area contributed by atoms with Crippen LogP contribution in [-0.2, 0) is 10.0 Å². The molecular weight excluding hydrogens is 356 g/mol. The second-order valence-corrected chi connectivity index (χ2v) is 7.99. The Hall–Kier alpha value is -0.920. The van der Waals surface area contributed by atoms with Crippen molar-refractivity contribution < 1.29 is 13.2 Å². The van der Waals surface area contributed by atoms with Crippen LogP contribution in [0.4, 0.5) is 0 Å². The smallest absolute Gasteiger partial charge is 0.255 e. The highest BCUT2D eigenvalue weighted by Gasteiger charge is 2.27. The molecule has 1 saturated heterocycles. The van der Waals surface area contributed by atoms with E-state index in [-0.39, 0.29) is 11.9 Å². The third-order valence-electron chi connectivity index (χ3n) is 3.51. The summed E-state index contributed by atoms with van der Waals surface area (Å²) in [7, 11) is -3.25. The molecule has 1 aromatic rings. The molecule has 0 spiro atoms. The molecule has 1 heterocycles. The van der Waals surface area contributed by atoms with Crippen LogP contribution >= 0.6 is 15.9 Å². The van der Waals surface area contributed by atoms with Gasteiger partial charge >= 0.3 is 0 Å². The molecule has 1 N–H and O–H groups in total. The van der Waals surface area contributed by atoms with Crippen molar-refractivity contribution in [2.45, 2.75) is 25.8 Å². The van der Waals surface area contributed by atoms with Crippen molar-refractivity contribution in [2.24, 2.45) is 0 Å². The van der Waals surface area contributed by atoms with E-state index in [0.29, 0.717) is 18.7 Å². The number of hydrogen-bond donors (Lipinski definition) is 1. The molecule has 1 unspecified atom stereocenters. The maximum atomic E-state index is 12.6. The lowest BCUT2D eigenvalue weighted by Gasteiger charge is -2.33. The van der Waals surface area contributed by atoms with Crippen LogP contribution in [-0.4, -0.2) is 44.6 Å². The number of halogens is 1. The summed E-state index contributed by atoms with van der Waals surface area (Å²) in [6, 6.07) is 5.36. The van der Waals surface area contributed by atoms with Gasteiger partial charge in [0.2, 0.25) is 10.0 Å². The zero-order valence-electron chi connectivity index (χ0n) is 12.1. The van der Waals surface area contributed by atoms with E-state index in [0.717, 1.165) is 29.1 Å². The van der Waals surface area contributed by atoms with Crippen LogP contribution in [0.5, 0.6) is 0 Å². The van der Waals surface area contributed by atoms with Gasteiger partial charge in [-0.3, -0.25) is 4.79 Å². The number of sulfonamides is 1. The molecule has 0 saturated carbocycles. The van der Waals surface area contributed by atoms with E-state index in [1.807, 2.05) is 19.1 Å². The first-order chi connectivity index (χ1) is 9.78. The SMILES string of the molecule is Cc1cccc(C(=O)N2CCCC(NS(C)(=O)=O)C2)c1Br. The van der Waals surface area contributed by atoms with E-state index in [2.05, 4.69) is 20.7 Å².